The van der Waals surface area contributed by atoms with Crippen LogP contribution in [-0.4, -0.2) is 26.7 Å². The normalized spacial score (nSPS) is 11.5. The first-order valence-corrected chi connectivity index (χ1v) is 7.86. The van der Waals surface area contributed by atoms with Crippen LogP contribution in [0.25, 0.3) is 0 Å². The molecule has 0 aromatic heterocycles. The van der Waals surface area contributed by atoms with E-state index >= 15 is 0 Å². The molecule has 0 bridgehead atoms. The quantitative estimate of drug-likeness (QED) is 0.807. The van der Waals surface area contributed by atoms with Crippen LogP contribution in [0.5, 0.6) is 17.2 Å². The summed E-state index contributed by atoms with van der Waals surface area (Å²) in [6.45, 7) is 1.98. The Labute approximate surface area is 142 Å². The summed E-state index contributed by atoms with van der Waals surface area (Å²) in [4.78, 5) is 12.1. The number of rotatable bonds is 8. The molecule has 2 aromatic rings. The molecule has 1 N–H and O–H groups in total. The predicted octanol–water partition coefficient (Wildman–Crippen LogP) is 3.35. The molecule has 2 aromatic carbocycles. The van der Waals surface area contributed by atoms with E-state index in [1.165, 1.54) is 0 Å². The van der Waals surface area contributed by atoms with Gasteiger partial charge in [-0.25, -0.2) is 0 Å². The zero-order valence-corrected chi connectivity index (χ0v) is 14.2. The average Bonchev–Trinajstić information content (AvgIpc) is 2.64. The number of ether oxygens (including phenoxy) is 3. The Bertz CT molecular complexity index is 655. The summed E-state index contributed by atoms with van der Waals surface area (Å²) in [5.74, 6) is 1.92. The van der Waals surface area contributed by atoms with Gasteiger partial charge in [-0.1, -0.05) is 25.1 Å². The van der Waals surface area contributed by atoms with E-state index in [1.54, 1.807) is 26.4 Å². The molecular weight excluding hydrogens is 306 g/mol. The minimum Gasteiger partial charge on any atom is -0.497 e. The van der Waals surface area contributed by atoms with Gasteiger partial charge >= 0.3 is 0 Å². The molecule has 5 heteroatoms. The van der Waals surface area contributed by atoms with E-state index < -0.39 is 0 Å². The van der Waals surface area contributed by atoms with Crippen LogP contribution in [0.3, 0.4) is 0 Å². The number of carbonyl (C=O) groups is 1. The van der Waals surface area contributed by atoms with Gasteiger partial charge in [0.15, 0.2) is 6.61 Å². The summed E-state index contributed by atoms with van der Waals surface area (Å²) in [6.07, 6.45) is 0.789. The van der Waals surface area contributed by atoms with Gasteiger partial charge < -0.3 is 19.5 Å². The molecule has 1 amide bonds. The van der Waals surface area contributed by atoms with Gasteiger partial charge in [-0.15, -0.1) is 0 Å². The van der Waals surface area contributed by atoms with Crippen molar-refractivity contribution in [2.24, 2.45) is 0 Å². The molecule has 0 heterocycles. The number of amides is 1. The molecule has 128 valence electrons. The van der Waals surface area contributed by atoms with E-state index in [-0.39, 0.29) is 18.6 Å². The zero-order chi connectivity index (χ0) is 17.4. The molecule has 2 rings (SSSR count). The highest BCUT2D eigenvalue weighted by Crippen LogP contribution is 2.21. The summed E-state index contributed by atoms with van der Waals surface area (Å²) in [7, 11) is 3.22. The van der Waals surface area contributed by atoms with Crippen molar-refractivity contribution < 1.29 is 19.0 Å². The first kappa shape index (κ1) is 17.7. The number of methoxy groups -OCH3 is 2. The van der Waals surface area contributed by atoms with Crippen molar-refractivity contribution in [3.05, 3.63) is 54.1 Å². The van der Waals surface area contributed by atoms with Crippen LogP contribution < -0.4 is 19.5 Å². The van der Waals surface area contributed by atoms with Gasteiger partial charge in [0.25, 0.3) is 5.91 Å². The topological polar surface area (TPSA) is 56.8 Å². The highest BCUT2D eigenvalue weighted by Gasteiger charge is 2.13. The maximum Gasteiger partial charge on any atom is 0.258 e. The van der Waals surface area contributed by atoms with E-state index in [9.17, 15) is 4.79 Å². The minimum atomic E-state index is -0.166. The Morgan fingerprint density at radius 2 is 1.67 bits per heavy atom. The molecule has 0 saturated carbocycles. The van der Waals surface area contributed by atoms with Crippen LogP contribution in [-0.2, 0) is 4.79 Å². The fourth-order valence-electron chi connectivity index (χ4n) is 2.33. The number of hydrogen-bond donors (Lipinski definition) is 1. The molecule has 0 fully saturated rings. The third kappa shape index (κ3) is 4.91. The summed E-state index contributed by atoms with van der Waals surface area (Å²) >= 11 is 0. The Kier molecular flexibility index (Phi) is 6.49. The van der Waals surface area contributed by atoms with E-state index in [4.69, 9.17) is 14.2 Å². The highest BCUT2D eigenvalue weighted by molar-refractivity contribution is 5.78. The van der Waals surface area contributed by atoms with Crippen LogP contribution in [0.15, 0.2) is 48.5 Å². The standard InChI is InChI=1S/C19H23NO4/c1-4-18(14-8-10-15(22-2)11-9-14)20-19(21)13-24-17-7-5-6-16(12-17)23-3/h5-12,18H,4,13H2,1-3H3,(H,20,21)/t18-/m1/s1. The number of hydrogen-bond acceptors (Lipinski definition) is 4. The molecule has 0 unspecified atom stereocenters. The number of benzene rings is 2. The largest absolute Gasteiger partial charge is 0.497 e. The van der Waals surface area contributed by atoms with Crippen molar-refractivity contribution in [3.8, 4) is 17.2 Å². The van der Waals surface area contributed by atoms with Gasteiger partial charge in [0.2, 0.25) is 0 Å². The summed E-state index contributed by atoms with van der Waals surface area (Å²) in [6, 6.07) is 14.8. The lowest BCUT2D eigenvalue weighted by Gasteiger charge is -2.18. The molecule has 0 aliphatic rings. The lowest BCUT2D eigenvalue weighted by atomic mass is 10.0. The lowest BCUT2D eigenvalue weighted by molar-refractivity contribution is -0.123. The summed E-state index contributed by atoms with van der Waals surface area (Å²) in [5, 5.41) is 2.98. The third-order valence-corrected chi connectivity index (χ3v) is 3.67. The van der Waals surface area contributed by atoms with Gasteiger partial charge in [0.05, 0.1) is 20.3 Å². The Balaban J connectivity index is 1.91. The second-order valence-corrected chi connectivity index (χ2v) is 5.27. The van der Waals surface area contributed by atoms with Crippen molar-refractivity contribution in [3.63, 3.8) is 0 Å². The molecule has 0 spiro atoms. The summed E-state index contributed by atoms with van der Waals surface area (Å²) in [5.41, 5.74) is 1.04. The van der Waals surface area contributed by atoms with Gasteiger partial charge in [-0.05, 0) is 36.2 Å². The predicted molar refractivity (Wildman–Crippen MR) is 92.7 cm³/mol. The maximum absolute atomic E-state index is 12.1. The number of nitrogens with one attached hydrogen (secondary N) is 1. The Morgan fingerprint density at radius 1 is 1.00 bits per heavy atom. The van der Waals surface area contributed by atoms with Crippen LogP contribution in [0.2, 0.25) is 0 Å². The van der Waals surface area contributed by atoms with Crippen LogP contribution in [0, 0.1) is 0 Å². The summed E-state index contributed by atoms with van der Waals surface area (Å²) < 4.78 is 15.8. The average molecular weight is 329 g/mol. The monoisotopic (exact) mass is 329 g/mol. The molecule has 1 atom stereocenters. The molecule has 0 aliphatic carbocycles. The van der Waals surface area contributed by atoms with Crippen LogP contribution >= 0.6 is 0 Å². The third-order valence-electron chi connectivity index (χ3n) is 3.67. The Hall–Kier alpha value is -2.69. The highest BCUT2D eigenvalue weighted by atomic mass is 16.5. The van der Waals surface area contributed by atoms with Crippen molar-refractivity contribution in [2.45, 2.75) is 19.4 Å². The lowest BCUT2D eigenvalue weighted by Crippen LogP contribution is -2.32. The van der Waals surface area contributed by atoms with Crippen LogP contribution in [0.4, 0.5) is 0 Å². The fourth-order valence-corrected chi connectivity index (χ4v) is 2.33. The molecular formula is C19H23NO4. The SMILES string of the molecule is CC[C@@H](NC(=O)COc1cccc(OC)c1)c1ccc(OC)cc1. The smallest absolute Gasteiger partial charge is 0.258 e. The van der Waals surface area contributed by atoms with Gasteiger partial charge in [0, 0.05) is 6.07 Å². The maximum atomic E-state index is 12.1. The molecule has 0 aliphatic heterocycles. The van der Waals surface area contributed by atoms with Crippen molar-refractivity contribution >= 4 is 5.91 Å². The zero-order valence-electron chi connectivity index (χ0n) is 14.2. The van der Waals surface area contributed by atoms with Crippen molar-refractivity contribution in [1.82, 2.24) is 5.32 Å². The van der Waals surface area contributed by atoms with E-state index in [1.807, 2.05) is 43.3 Å². The molecule has 24 heavy (non-hydrogen) atoms. The number of carbonyl (C=O) groups excluding carboxylic acids is 1. The van der Waals surface area contributed by atoms with Crippen LogP contribution in [0.1, 0.15) is 24.9 Å². The molecule has 0 saturated heterocycles. The minimum absolute atomic E-state index is 0.0418. The van der Waals surface area contributed by atoms with E-state index in [0.717, 1.165) is 17.7 Å². The van der Waals surface area contributed by atoms with Gasteiger partial charge in [0.1, 0.15) is 17.2 Å². The Morgan fingerprint density at radius 3 is 2.29 bits per heavy atom. The first-order valence-electron chi connectivity index (χ1n) is 7.86. The van der Waals surface area contributed by atoms with E-state index in [0.29, 0.717) is 11.5 Å². The van der Waals surface area contributed by atoms with E-state index in [2.05, 4.69) is 5.32 Å². The fraction of sp³-hybridized carbons (Fsp3) is 0.316. The second-order valence-electron chi connectivity index (χ2n) is 5.27. The molecule has 0 radical (unpaired) electrons. The van der Waals surface area contributed by atoms with Gasteiger partial charge in [-0.3, -0.25) is 4.79 Å². The van der Waals surface area contributed by atoms with Crippen molar-refractivity contribution in [1.29, 1.82) is 0 Å². The van der Waals surface area contributed by atoms with Crippen molar-refractivity contribution in [2.75, 3.05) is 20.8 Å². The second kappa shape index (κ2) is 8.82. The first-order chi connectivity index (χ1) is 11.7. The van der Waals surface area contributed by atoms with Gasteiger partial charge in [-0.2, -0.15) is 0 Å². The molecule has 5 nitrogen and oxygen atoms in total.